The average Bonchev–Trinajstić information content (AvgIpc) is 3.02. The van der Waals surface area contributed by atoms with Gasteiger partial charge in [0.15, 0.2) is 0 Å². The van der Waals surface area contributed by atoms with E-state index in [1.807, 2.05) is 12.2 Å². The van der Waals surface area contributed by atoms with Gasteiger partial charge in [0.05, 0.1) is 60.0 Å². The number of alkyl halides is 3. The second-order valence-corrected chi connectivity index (χ2v) is 16.9. The lowest BCUT2D eigenvalue weighted by Gasteiger charge is -2.17. The summed E-state index contributed by atoms with van der Waals surface area (Å²) in [5.41, 5.74) is -4.76. The minimum absolute atomic E-state index is 0.0104. The van der Waals surface area contributed by atoms with Crippen molar-refractivity contribution >= 4 is 65.5 Å². The van der Waals surface area contributed by atoms with E-state index in [-0.39, 0.29) is 27.5 Å². The Morgan fingerprint density at radius 3 is 2.12 bits per heavy atom. The second-order valence-electron chi connectivity index (χ2n) is 12.1. The first-order chi connectivity index (χ1) is 25.5. The van der Waals surface area contributed by atoms with Gasteiger partial charge in [0.2, 0.25) is 17.2 Å². The van der Waals surface area contributed by atoms with Gasteiger partial charge in [0.25, 0.3) is 5.56 Å². The monoisotopic (exact) mass is 875 g/mol. The van der Waals surface area contributed by atoms with Gasteiger partial charge in [-0.2, -0.15) is 33.4 Å². The number of rotatable bonds is 11. The highest BCUT2D eigenvalue weighted by molar-refractivity contribution is 7.94. The third-order valence-corrected chi connectivity index (χ3v) is 6.74. The number of hydrogen-bond acceptors (Lipinski definition) is 14. The lowest BCUT2D eigenvalue weighted by Crippen LogP contribution is -2.40. The molecule has 1 unspecified atom stereocenters. The smallest absolute Gasteiger partial charge is 0.431 e. The third kappa shape index (κ3) is 20.1. The van der Waals surface area contributed by atoms with Gasteiger partial charge in [-0.15, -0.1) is 0 Å². The summed E-state index contributed by atoms with van der Waals surface area (Å²) in [5.74, 6) is -1.29. The highest BCUT2D eigenvalue weighted by Crippen LogP contribution is 2.27. The molecule has 0 aliphatic rings. The fourth-order valence-corrected chi connectivity index (χ4v) is 4.23. The molecule has 1 aromatic carbocycles. The number of hydrogen-bond donors (Lipinski definition) is 5. The third-order valence-electron chi connectivity index (χ3n) is 5.62. The van der Waals surface area contributed by atoms with Crippen molar-refractivity contribution in [3.8, 4) is 11.8 Å². The summed E-state index contributed by atoms with van der Waals surface area (Å²) in [6.45, 7) is 8.80. The van der Waals surface area contributed by atoms with Crippen molar-refractivity contribution in [2.45, 2.75) is 52.4 Å². The fraction of sp³-hybridized carbons (Fsp3) is 0.484. The van der Waals surface area contributed by atoms with E-state index in [2.05, 4.69) is 50.4 Å². The largest absolute Gasteiger partial charge is 0.778 e. The number of ether oxygens (including phenoxy) is 1. The Kier molecular flexibility index (Phi) is 21.4. The number of esters is 1. The first-order valence-electron chi connectivity index (χ1n) is 15.8. The van der Waals surface area contributed by atoms with Gasteiger partial charge < -0.3 is 34.8 Å². The molecule has 1 atom stereocenters. The van der Waals surface area contributed by atoms with E-state index in [0.717, 1.165) is 13.1 Å². The van der Waals surface area contributed by atoms with Crippen molar-refractivity contribution in [1.82, 2.24) is 29.4 Å². The number of nitriles is 1. The van der Waals surface area contributed by atoms with Crippen LogP contribution in [0.4, 0.5) is 25.1 Å². The molecule has 0 fully saturated rings. The number of nitrogens with zero attached hydrogens (tertiary/aromatic N) is 6. The molecule has 18 nitrogen and oxygen atoms in total. The van der Waals surface area contributed by atoms with Crippen molar-refractivity contribution in [3.05, 3.63) is 66.7 Å². The van der Waals surface area contributed by atoms with Crippen LogP contribution in [0.3, 0.4) is 0 Å². The molecule has 2 heterocycles. The van der Waals surface area contributed by atoms with Gasteiger partial charge in [0.1, 0.15) is 18.8 Å². The number of aliphatic carboxylic acids is 1. The molecule has 0 aliphatic heterocycles. The first kappa shape index (κ1) is 51.8. The summed E-state index contributed by atoms with van der Waals surface area (Å²) in [7, 11) is -2.81. The summed E-state index contributed by atoms with van der Waals surface area (Å²) in [6, 6.07) is 6.00. The highest BCUT2D eigenvalue weighted by Gasteiger charge is 2.35. The van der Waals surface area contributed by atoms with E-state index in [0.29, 0.717) is 38.6 Å². The Balaban J connectivity index is 0.000000854. The zero-order valence-corrected chi connectivity index (χ0v) is 34.9. The Bertz CT molecular complexity index is 2000. The summed E-state index contributed by atoms with van der Waals surface area (Å²) in [4.78, 5) is 76.1. The van der Waals surface area contributed by atoms with E-state index in [1.165, 1.54) is 12.1 Å². The number of carbonyl (C=O) groups is 2. The van der Waals surface area contributed by atoms with Crippen LogP contribution in [0.15, 0.2) is 33.9 Å². The number of carboxylic acid groups (broad SMARTS) is 1. The fourth-order valence-electron chi connectivity index (χ4n) is 3.48. The maximum Gasteiger partial charge on any atom is 0.431 e. The number of carboxylic acids is 1. The van der Waals surface area contributed by atoms with Crippen molar-refractivity contribution in [2.75, 3.05) is 48.8 Å². The first-order valence-corrected chi connectivity index (χ1v) is 20.7. The molecule has 0 amide bonds. The molecule has 0 aliphatic carbocycles. The SMILES string of the molecule is CC(C)OC(=O)c1cc(-n2c(=O)cc(C(F)(F)F)n(C)c2=O)ccc1Cl.CCNc1nc(Cl)nc(NC(C)(C)C#N)n1.C[S+](C)C.O=C(O)CNCP(=O)([O-])O. The molecule has 56 heavy (non-hydrogen) atoms. The number of carbonyl (C=O) groups excluding carboxylic acids is 1. The average molecular weight is 877 g/mol. The van der Waals surface area contributed by atoms with Crippen molar-refractivity contribution in [2.24, 2.45) is 7.05 Å². The van der Waals surface area contributed by atoms with Gasteiger partial charge in [-0.05, 0) is 75.3 Å². The van der Waals surface area contributed by atoms with Gasteiger partial charge in [-0.3, -0.25) is 19.5 Å². The summed E-state index contributed by atoms with van der Waals surface area (Å²) < 4.78 is 54.5. The van der Waals surface area contributed by atoms with E-state index in [9.17, 15) is 41.8 Å². The topological polar surface area (TPSA) is 267 Å². The zero-order chi connectivity index (χ0) is 43.8. The van der Waals surface area contributed by atoms with Crippen LogP contribution in [0.1, 0.15) is 50.7 Å². The predicted octanol–water partition coefficient (Wildman–Crippen LogP) is 3.10. The Morgan fingerprint density at radius 1 is 1.11 bits per heavy atom. The van der Waals surface area contributed by atoms with E-state index in [1.54, 1.807) is 27.7 Å². The molecule has 3 aromatic rings. The van der Waals surface area contributed by atoms with Gasteiger partial charge in [0, 0.05) is 19.7 Å². The maximum absolute atomic E-state index is 12.9. The van der Waals surface area contributed by atoms with Crippen LogP contribution in [0, 0.1) is 11.3 Å². The number of aromatic nitrogens is 5. The van der Waals surface area contributed by atoms with E-state index >= 15 is 0 Å². The molecule has 312 valence electrons. The van der Waals surface area contributed by atoms with Crippen LogP contribution < -0.4 is 32.1 Å². The molecule has 0 saturated heterocycles. The molecule has 0 saturated carbocycles. The molecule has 0 radical (unpaired) electrons. The van der Waals surface area contributed by atoms with Crippen LogP contribution in [0.25, 0.3) is 5.69 Å². The molecule has 0 spiro atoms. The Labute approximate surface area is 332 Å². The molecule has 0 bridgehead atoms. The lowest BCUT2D eigenvalue weighted by atomic mass is 10.1. The molecule has 3 rings (SSSR count). The molecule has 5 N–H and O–H groups in total. The minimum Gasteiger partial charge on any atom is -0.778 e. The second kappa shape index (κ2) is 23.1. The number of halogens is 5. The number of benzene rings is 1. The zero-order valence-electron chi connectivity index (χ0n) is 31.7. The van der Waals surface area contributed by atoms with Crippen molar-refractivity contribution < 1.29 is 47.0 Å². The van der Waals surface area contributed by atoms with Gasteiger partial charge in [-0.1, -0.05) is 11.6 Å². The number of nitrogens with one attached hydrogen (secondary N) is 3. The summed E-state index contributed by atoms with van der Waals surface area (Å²) >= 11 is 11.7. The van der Waals surface area contributed by atoms with E-state index < -0.39 is 67.1 Å². The lowest BCUT2D eigenvalue weighted by molar-refractivity contribution is -0.193. The standard InChI is InChI=1S/C16H14ClF3N2O4.C9H13ClN6.C3H8NO5P.C3H9S/c1-8(2)26-14(24)10-6-9(4-5-11(10)17)22-13(23)7-12(16(18,19)20)21(3)15(22)25;1-4-12-7-13-6(10)14-8(15-7)16-9(2,3)5-11;5-3(6)1-4-2-10(7,8)9;1-4(2)3/h4-8H,1-3H3;4H2,1-3H3,(H2,12,13,14,15,16);4H,1-2H2,(H,5,6)(H2,7,8,9);1-3H3/q;;;+1/p-1. The molecule has 25 heteroatoms. The summed E-state index contributed by atoms with van der Waals surface area (Å²) in [5, 5.41) is 24.7. The normalized spacial score (nSPS) is 12.0. The maximum atomic E-state index is 12.9. The van der Waals surface area contributed by atoms with Crippen LogP contribution in [-0.2, 0) is 38.2 Å². The molecular formula is C31H43Cl2F3N9O9PS. The summed E-state index contributed by atoms with van der Waals surface area (Å²) in [6.07, 6.45) is 0.571. The quantitative estimate of drug-likeness (QED) is 0.105. The Morgan fingerprint density at radius 2 is 1.66 bits per heavy atom. The number of anilines is 2. The van der Waals surface area contributed by atoms with Crippen LogP contribution >= 0.6 is 30.8 Å². The van der Waals surface area contributed by atoms with Crippen LogP contribution in [0.5, 0.6) is 0 Å². The Hall–Kier alpha value is -4.23. The van der Waals surface area contributed by atoms with Gasteiger partial charge >= 0.3 is 23.8 Å². The van der Waals surface area contributed by atoms with Crippen molar-refractivity contribution in [1.29, 1.82) is 5.26 Å². The molecule has 2 aromatic heterocycles. The van der Waals surface area contributed by atoms with Crippen LogP contribution in [-0.4, -0.2) is 95.8 Å². The minimum atomic E-state index is -4.86. The predicted molar refractivity (Wildman–Crippen MR) is 206 cm³/mol. The van der Waals surface area contributed by atoms with Crippen molar-refractivity contribution in [3.63, 3.8) is 0 Å². The van der Waals surface area contributed by atoms with Crippen LogP contribution in [0.2, 0.25) is 10.3 Å². The molecular weight excluding hydrogens is 833 g/mol. The highest BCUT2D eigenvalue weighted by atomic mass is 35.5. The van der Waals surface area contributed by atoms with E-state index in [4.69, 9.17) is 43.2 Å². The van der Waals surface area contributed by atoms with Gasteiger partial charge in [-0.25, -0.2) is 14.2 Å².